The van der Waals surface area contributed by atoms with E-state index in [1.54, 1.807) is 12.1 Å². The van der Waals surface area contributed by atoms with E-state index in [0.717, 1.165) is 22.3 Å². The predicted molar refractivity (Wildman–Crippen MR) is 88.0 cm³/mol. The molecule has 0 aliphatic carbocycles. The molecule has 0 aliphatic heterocycles. The highest BCUT2D eigenvalue weighted by Gasteiger charge is 2.09. The molecule has 0 spiro atoms. The lowest BCUT2D eigenvalue weighted by molar-refractivity contribution is 0.555. The first-order valence-corrected chi connectivity index (χ1v) is 7.34. The Kier molecular flexibility index (Phi) is 3.47. The Morgan fingerprint density at radius 3 is 2.86 bits per heavy atom. The van der Waals surface area contributed by atoms with Gasteiger partial charge in [0.15, 0.2) is 5.58 Å². The number of anilines is 3. The SMILES string of the molecule is CCc1cc(Br)ccc1Nc1cc2[nH]c(=O)oc2cc1N. The van der Waals surface area contributed by atoms with Gasteiger partial charge >= 0.3 is 5.76 Å². The third-order valence-corrected chi connectivity index (χ3v) is 3.80. The first-order chi connectivity index (χ1) is 10.1. The summed E-state index contributed by atoms with van der Waals surface area (Å²) >= 11 is 3.47. The van der Waals surface area contributed by atoms with E-state index in [4.69, 9.17) is 10.2 Å². The molecule has 2 aromatic carbocycles. The molecule has 6 heteroatoms. The Balaban J connectivity index is 2.05. The van der Waals surface area contributed by atoms with Gasteiger partial charge in [0.2, 0.25) is 0 Å². The van der Waals surface area contributed by atoms with Crippen LogP contribution >= 0.6 is 15.9 Å². The summed E-state index contributed by atoms with van der Waals surface area (Å²) in [6, 6.07) is 9.44. The van der Waals surface area contributed by atoms with Crippen LogP contribution in [-0.4, -0.2) is 4.98 Å². The van der Waals surface area contributed by atoms with Gasteiger partial charge in [-0.1, -0.05) is 22.9 Å². The number of nitrogens with one attached hydrogen (secondary N) is 2. The molecule has 0 saturated carbocycles. The monoisotopic (exact) mass is 347 g/mol. The second kappa shape index (κ2) is 5.29. The van der Waals surface area contributed by atoms with E-state index in [2.05, 4.69) is 39.2 Å². The van der Waals surface area contributed by atoms with Crippen molar-refractivity contribution in [3.63, 3.8) is 0 Å². The van der Waals surface area contributed by atoms with Gasteiger partial charge in [0.25, 0.3) is 0 Å². The largest absolute Gasteiger partial charge is 0.417 e. The Labute approximate surface area is 129 Å². The summed E-state index contributed by atoms with van der Waals surface area (Å²) in [6.07, 6.45) is 0.895. The van der Waals surface area contributed by atoms with Gasteiger partial charge in [0, 0.05) is 16.2 Å². The molecule has 3 aromatic rings. The summed E-state index contributed by atoms with van der Waals surface area (Å²) in [5, 5.41) is 3.31. The van der Waals surface area contributed by atoms with Crippen molar-refractivity contribution < 1.29 is 4.42 Å². The summed E-state index contributed by atoms with van der Waals surface area (Å²) in [6.45, 7) is 2.09. The molecule has 1 aromatic heterocycles. The van der Waals surface area contributed by atoms with Crippen molar-refractivity contribution in [3.8, 4) is 0 Å². The molecular weight excluding hydrogens is 334 g/mol. The standard InChI is InChI=1S/C15H14BrN3O2/c1-2-8-5-9(16)3-4-11(8)18-12-7-13-14(6-10(12)17)21-15(20)19-13/h3-7,18H,2,17H2,1H3,(H,19,20). The van der Waals surface area contributed by atoms with Crippen molar-refractivity contribution in [2.24, 2.45) is 0 Å². The van der Waals surface area contributed by atoms with Gasteiger partial charge in [-0.05, 0) is 36.2 Å². The van der Waals surface area contributed by atoms with Crippen LogP contribution in [0.1, 0.15) is 12.5 Å². The van der Waals surface area contributed by atoms with Crippen LogP contribution in [0.2, 0.25) is 0 Å². The molecule has 0 atom stereocenters. The molecule has 0 bridgehead atoms. The molecule has 0 aliphatic rings. The molecule has 108 valence electrons. The molecule has 0 unspecified atom stereocenters. The molecule has 5 nitrogen and oxygen atoms in total. The molecule has 0 radical (unpaired) electrons. The highest BCUT2D eigenvalue weighted by Crippen LogP contribution is 2.30. The number of rotatable bonds is 3. The van der Waals surface area contributed by atoms with Crippen LogP contribution in [0.4, 0.5) is 17.1 Å². The highest BCUT2D eigenvalue weighted by atomic mass is 79.9. The minimum absolute atomic E-state index is 0.453. The third-order valence-electron chi connectivity index (χ3n) is 3.31. The van der Waals surface area contributed by atoms with Crippen molar-refractivity contribution in [2.45, 2.75) is 13.3 Å². The number of benzene rings is 2. The van der Waals surface area contributed by atoms with Crippen LogP contribution in [0.25, 0.3) is 11.1 Å². The summed E-state index contributed by atoms with van der Waals surface area (Å²) in [4.78, 5) is 13.8. The Hall–Kier alpha value is -2.21. The van der Waals surface area contributed by atoms with E-state index in [0.29, 0.717) is 16.8 Å². The van der Waals surface area contributed by atoms with Crippen LogP contribution in [-0.2, 0) is 6.42 Å². The van der Waals surface area contributed by atoms with Crippen LogP contribution in [0.3, 0.4) is 0 Å². The zero-order chi connectivity index (χ0) is 15.0. The average Bonchev–Trinajstić information content (AvgIpc) is 2.80. The fraction of sp³-hybridized carbons (Fsp3) is 0.133. The lowest BCUT2D eigenvalue weighted by Gasteiger charge is -2.13. The number of nitrogen functional groups attached to an aromatic ring is 1. The van der Waals surface area contributed by atoms with E-state index in [1.165, 1.54) is 5.56 Å². The molecule has 0 amide bonds. The second-order valence-electron chi connectivity index (χ2n) is 4.73. The number of aryl methyl sites for hydroxylation is 1. The van der Waals surface area contributed by atoms with E-state index in [9.17, 15) is 4.79 Å². The number of aromatic amines is 1. The summed E-state index contributed by atoms with van der Waals surface area (Å²) in [7, 11) is 0. The quantitative estimate of drug-likeness (QED) is 0.629. The Morgan fingerprint density at radius 1 is 1.29 bits per heavy atom. The van der Waals surface area contributed by atoms with Gasteiger partial charge in [-0.25, -0.2) is 4.79 Å². The van der Waals surface area contributed by atoms with Gasteiger partial charge in [-0.2, -0.15) is 0 Å². The highest BCUT2D eigenvalue weighted by molar-refractivity contribution is 9.10. The lowest BCUT2D eigenvalue weighted by Crippen LogP contribution is -1.99. The van der Waals surface area contributed by atoms with Crippen LogP contribution in [0, 0.1) is 0 Å². The molecular formula is C15H14BrN3O2. The van der Waals surface area contributed by atoms with Gasteiger partial charge in [-0.3, -0.25) is 4.98 Å². The van der Waals surface area contributed by atoms with Gasteiger partial charge in [0.1, 0.15) is 0 Å². The van der Waals surface area contributed by atoms with Crippen molar-refractivity contribution in [1.82, 2.24) is 4.98 Å². The van der Waals surface area contributed by atoms with Crippen LogP contribution in [0.15, 0.2) is 44.0 Å². The normalized spacial score (nSPS) is 11.0. The fourth-order valence-corrected chi connectivity index (χ4v) is 2.65. The van der Waals surface area contributed by atoms with Crippen LogP contribution < -0.4 is 16.8 Å². The van der Waals surface area contributed by atoms with Gasteiger partial charge in [0.05, 0.1) is 16.9 Å². The molecule has 3 rings (SSSR count). The van der Waals surface area contributed by atoms with Gasteiger partial charge < -0.3 is 15.5 Å². The van der Waals surface area contributed by atoms with Crippen molar-refractivity contribution in [1.29, 1.82) is 0 Å². The third kappa shape index (κ3) is 2.67. The first-order valence-electron chi connectivity index (χ1n) is 6.54. The predicted octanol–water partition coefficient (Wildman–Crippen LogP) is 3.77. The molecule has 21 heavy (non-hydrogen) atoms. The lowest BCUT2D eigenvalue weighted by atomic mass is 10.1. The van der Waals surface area contributed by atoms with E-state index in [1.807, 2.05) is 12.1 Å². The summed E-state index contributed by atoms with van der Waals surface area (Å²) < 4.78 is 6.02. The first kappa shape index (κ1) is 13.8. The number of hydrogen-bond acceptors (Lipinski definition) is 4. The smallest absolute Gasteiger partial charge is 0.408 e. The van der Waals surface area contributed by atoms with Crippen molar-refractivity contribution in [2.75, 3.05) is 11.1 Å². The van der Waals surface area contributed by atoms with E-state index < -0.39 is 5.76 Å². The molecule has 0 saturated heterocycles. The number of fused-ring (bicyclic) bond motifs is 1. The molecule has 0 fully saturated rings. The van der Waals surface area contributed by atoms with Crippen molar-refractivity contribution in [3.05, 3.63) is 50.9 Å². The van der Waals surface area contributed by atoms with Crippen LogP contribution in [0.5, 0.6) is 0 Å². The van der Waals surface area contributed by atoms with E-state index in [-0.39, 0.29) is 0 Å². The number of hydrogen-bond donors (Lipinski definition) is 3. The number of aromatic nitrogens is 1. The zero-order valence-corrected chi connectivity index (χ0v) is 13.0. The summed E-state index contributed by atoms with van der Waals surface area (Å²) in [5.41, 5.74) is 10.5. The van der Waals surface area contributed by atoms with E-state index >= 15 is 0 Å². The number of H-pyrrole nitrogens is 1. The average molecular weight is 348 g/mol. The zero-order valence-electron chi connectivity index (χ0n) is 11.4. The van der Waals surface area contributed by atoms with Gasteiger partial charge in [-0.15, -0.1) is 0 Å². The topological polar surface area (TPSA) is 84.0 Å². The minimum atomic E-state index is -0.487. The number of halogens is 1. The van der Waals surface area contributed by atoms with Crippen molar-refractivity contribution >= 4 is 44.1 Å². The molecule has 4 N–H and O–H groups in total. The minimum Gasteiger partial charge on any atom is -0.408 e. The summed E-state index contributed by atoms with van der Waals surface area (Å²) in [5.74, 6) is -0.487. The second-order valence-corrected chi connectivity index (χ2v) is 5.65. The maximum Gasteiger partial charge on any atom is 0.417 e. The Bertz CT molecular complexity index is 867. The fourth-order valence-electron chi connectivity index (χ4n) is 2.24. The maximum absolute atomic E-state index is 11.2. The number of nitrogens with two attached hydrogens (primary N) is 1. The maximum atomic E-state index is 11.2. The molecule has 1 heterocycles. The number of oxazole rings is 1. The Morgan fingerprint density at radius 2 is 2.10 bits per heavy atom.